The predicted octanol–water partition coefficient (Wildman–Crippen LogP) is 4.58. The Bertz CT molecular complexity index is 880. The second-order valence-electron chi connectivity index (χ2n) is 5.16. The molecule has 122 valence electrons. The van der Waals surface area contributed by atoms with Crippen molar-refractivity contribution in [2.45, 2.75) is 0 Å². The van der Waals surface area contributed by atoms with Gasteiger partial charge in [0.05, 0.1) is 0 Å². The van der Waals surface area contributed by atoms with E-state index in [1.165, 1.54) is 18.2 Å². The first-order valence-electron chi connectivity index (χ1n) is 7.46. The molecule has 1 N–H and O–H groups in total. The maximum absolute atomic E-state index is 13.2. The van der Waals surface area contributed by atoms with Crippen LogP contribution in [0.3, 0.4) is 0 Å². The summed E-state index contributed by atoms with van der Waals surface area (Å²) in [6.45, 7) is -0.630. The zero-order valence-corrected chi connectivity index (χ0v) is 12.8. The number of fused-ring (bicyclic) bond motifs is 1. The molecule has 0 saturated heterocycles. The normalized spacial score (nSPS) is 10.6. The molecule has 0 aliphatic rings. The SMILES string of the molecule is O=C(Nc1cccc(F)c1)c1ccc(OCCF)c2ccccc12. The summed E-state index contributed by atoms with van der Waals surface area (Å²) >= 11 is 0. The van der Waals surface area contributed by atoms with Gasteiger partial charge in [-0.25, -0.2) is 8.78 Å². The van der Waals surface area contributed by atoms with Crippen LogP contribution in [0.15, 0.2) is 60.7 Å². The minimum Gasteiger partial charge on any atom is -0.490 e. The van der Waals surface area contributed by atoms with E-state index in [1.807, 2.05) is 12.1 Å². The first-order valence-corrected chi connectivity index (χ1v) is 7.46. The summed E-state index contributed by atoms with van der Waals surface area (Å²) in [4.78, 5) is 12.5. The van der Waals surface area contributed by atoms with E-state index in [0.29, 0.717) is 22.4 Å². The van der Waals surface area contributed by atoms with Crippen LogP contribution in [0.2, 0.25) is 0 Å². The van der Waals surface area contributed by atoms with Crippen LogP contribution in [0.25, 0.3) is 10.8 Å². The minimum atomic E-state index is -0.587. The smallest absolute Gasteiger partial charge is 0.256 e. The third-order valence-electron chi connectivity index (χ3n) is 3.55. The number of hydrogen-bond acceptors (Lipinski definition) is 2. The molecule has 0 aromatic heterocycles. The van der Waals surface area contributed by atoms with Crippen LogP contribution < -0.4 is 10.1 Å². The summed E-state index contributed by atoms with van der Waals surface area (Å²) in [6, 6.07) is 16.2. The van der Waals surface area contributed by atoms with E-state index in [9.17, 15) is 13.6 Å². The molecule has 0 heterocycles. The number of rotatable bonds is 5. The van der Waals surface area contributed by atoms with Crippen molar-refractivity contribution in [3.63, 3.8) is 0 Å². The average Bonchev–Trinajstić information content (AvgIpc) is 2.59. The van der Waals surface area contributed by atoms with E-state index in [1.54, 1.807) is 30.3 Å². The molecule has 0 radical (unpaired) electrons. The third-order valence-corrected chi connectivity index (χ3v) is 3.55. The largest absolute Gasteiger partial charge is 0.490 e. The van der Waals surface area contributed by atoms with Crippen LogP contribution in [-0.2, 0) is 0 Å². The van der Waals surface area contributed by atoms with Crippen molar-refractivity contribution < 1.29 is 18.3 Å². The molecule has 24 heavy (non-hydrogen) atoms. The van der Waals surface area contributed by atoms with E-state index in [2.05, 4.69) is 5.32 Å². The molecule has 0 spiro atoms. The Morgan fingerprint density at radius 2 is 1.79 bits per heavy atom. The van der Waals surface area contributed by atoms with Gasteiger partial charge in [0.25, 0.3) is 5.91 Å². The van der Waals surface area contributed by atoms with Crippen LogP contribution in [0.5, 0.6) is 5.75 Å². The molecular weight excluding hydrogens is 312 g/mol. The standard InChI is InChI=1S/C19H15F2NO2/c20-10-11-24-18-9-8-17(15-6-1-2-7-16(15)18)19(23)22-14-5-3-4-13(21)12-14/h1-9,12H,10-11H2,(H,22,23). The monoisotopic (exact) mass is 327 g/mol. The summed E-state index contributed by atoms with van der Waals surface area (Å²) in [6.07, 6.45) is 0. The second kappa shape index (κ2) is 7.08. The Morgan fingerprint density at radius 1 is 1.00 bits per heavy atom. The fraction of sp³-hybridized carbons (Fsp3) is 0.105. The van der Waals surface area contributed by atoms with E-state index in [-0.39, 0.29) is 12.5 Å². The zero-order valence-electron chi connectivity index (χ0n) is 12.8. The summed E-state index contributed by atoms with van der Waals surface area (Å²) in [5.41, 5.74) is 0.810. The van der Waals surface area contributed by atoms with Gasteiger partial charge >= 0.3 is 0 Å². The maximum atomic E-state index is 13.2. The van der Waals surface area contributed by atoms with Gasteiger partial charge in [-0.15, -0.1) is 0 Å². The highest BCUT2D eigenvalue weighted by molar-refractivity contribution is 6.13. The van der Waals surface area contributed by atoms with E-state index < -0.39 is 12.5 Å². The van der Waals surface area contributed by atoms with E-state index >= 15 is 0 Å². The molecule has 0 unspecified atom stereocenters. The molecule has 5 heteroatoms. The number of benzene rings is 3. The lowest BCUT2D eigenvalue weighted by molar-refractivity contribution is 0.102. The van der Waals surface area contributed by atoms with Crippen molar-refractivity contribution in [1.82, 2.24) is 0 Å². The van der Waals surface area contributed by atoms with Gasteiger partial charge in [0, 0.05) is 16.6 Å². The summed E-state index contributed by atoms with van der Waals surface area (Å²) in [7, 11) is 0. The number of nitrogens with one attached hydrogen (secondary N) is 1. The summed E-state index contributed by atoms with van der Waals surface area (Å²) in [5, 5.41) is 4.08. The van der Waals surface area contributed by atoms with Crippen LogP contribution >= 0.6 is 0 Å². The van der Waals surface area contributed by atoms with E-state index in [0.717, 1.165) is 5.39 Å². The maximum Gasteiger partial charge on any atom is 0.256 e. The molecule has 3 aromatic rings. The Balaban J connectivity index is 1.96. The molecule has 0 aliphatic heterocycles. The van der Waals surface area contributed by atoms with E-state index in [4.69, 9.17) is 4.74 Å². The number of carbonyl (C=O) groups excluding carboxylic acids is 1. The van der Waals surface area contributed by atoms with Gasteiger partial charge in [-0.3, -0.25) is 4.79 Å². The molecular formula is C19H15F2NO2. The molecule has 3 nitrogen and oxygen atoms in total. The van der Waals surface area contributed by atoms with Gasteiger partial charge in [0.2, 0.25) is 0 Å². The quantitative estimate of drug-likeness (QED) is 0.745. The van der Waals surface area contributed by atoms with Crippen molar-refractivity contribution in [3.8, 4) is 5.75 Å². The fourth-order valence-corrected chi connectivity index (χ4v) is 2.51. The van der Waals surface area contributed by atoms with Crippen molar-refractivity contribution in [2.24, 2.45) is 0 Å². The van der Waals surface area contributed by atoms with Gasteiger partial charge in [0.15, 0.2) is 0 Å². The Labute approximate surface area is 137 Å². The number of amides is 1. The molecule has 1 amide bonds. The molecule has 3 aromatic carbocycles. The van der Waals surface area contributed by atoms with Gasteiger partial charge in [-0.05, 0) is 35.7 Å². The lowest BCUT2D eigenvalue weighted by Gasteiger charge is -2.12. The zero-order chi connectivity index (χ0) is 16.9. The summed E-state index contributed by atoms with van der Waals surface area (Å²) in [5.74, 6) is -0.257. The molecule has 3 rings (SSSR count). The Hall–Kier alpha value is -2.95. The predicted molar refractivity (Wildman–Crippen MR) is 89.8 cm³/mol. The van der Waals surface area contributed by atoms with Crippen molar-refractivity contribution in [3.05, 3.63) is 72.0 Å². The Morgan fingerprint density at radius 3 is 2.54 bits per heavy atom. The van der Waals surface area contributed by atoms with Gasteiger partial charge < -0.3 is 10.1 Å². The fourth-order valence-electron chi connectivity index (χ4n) is 2.51. The third kappa shape index (κ3) is 3.35. The van der Waals surface area contributed by atoms with Crippen LogP contribution in [0.1, 0.15) is 10.4 Å². The lowest BCUT2D eigenvalue weighted by Crippen LogP contribution is -2.12. The van der Waals surface area contributed by atoms with Crippen LogP contribution in [0, 0.1) is 5.82 Å². The minimum absolute atomic E-state index is 0.0428. The lowest BCUT2D eigenvalue weighted by atomic mass is 10.0. The van der Waals surface area contributed by atoms with Crippen molar-refractivity contribution in [1.29, 1.82) is 0 Å². The van der Waals surface area contributed by atoms with Crippen molar-refractivity contribution >= 4 is 22.4 Å². The number of alkyl halides is 1. The molecule has 0 aliphatic carbocycles. The molecule has 0 saturated carbocycles. The second-order valence-corrected chi connectivity index (χ2v) is 5.16. The van der Waals surface area contributed by atoms with Gasteiger partial charge in [-0.1, -0.05) is 30.3 Å². The highest BCUT2D eigenvalue weighted by Gasteiger charge is 2.13. The Kier molecular flexibility index (Phi) is 4.70. The van der Waals surface area contributed by atoms with Crippen LogP contribution in [-0.4, -0.2) is 19.2 Å². The summed E-state index contributed by atoms with van der Waals surface area (Å²) < 4.78 is 31.0. The first kappa shape index (κ1) is 15.9. The van der Waals surface area contributed by atoms with Gasteiger partial charge in [-0.2, -0.15) is 0 Å². The van der Waals surface area contributed by atoms with Crippen LogP contribution in [0.4, 0.5) is 14.5 Å². The number of hydrogen-bond donors (Lipinski definition) is 1. The highest BCUT2D eigenvalue weighted by atomic mass is 19.1. The number of halogens is 2. The first-order chi connectivity index (χ1) is 11.7. The topological polar surface area (TPSA) is 38.3 Å². The molecule has 0 atom stereocenters. The molecule has 0 fully saturated rings. The number of ether oxygens (including phenoxy) is 1. The number of carbonyl (C=O) groups is 1. The van der Waals surface area contributed by atoms with Gasteiger partial charge in [0.1, 0.15) is 24.8 Å². The van der Waals surface area contributed by atoms with Crippen molar-refractivity contribution in [2.75, 3.05) is 18.6 Å². The number of anilines is 1. The average molecular weight is 327 g/mol. The highest BCUT2D eigenvalue weighted by Crippen LogP contribution is 2.29. The molecule has 0 bridgehead atoms.